The Balaban J connectivity index is 1.45. The minimum atomic E-state index is -0.477. The van der Waals surface area contributed by atoms with Gasteiger partial charge in [0.25, 0.3) is 5.91 Å². The lowest BCUT2D eigenvalue weighted by molar-refractivity contribution is -0.0360. The molecule has 0 saturated carbocycles. The van der Waals surface area contributed by atoms with Crippen molar-refractivity contribution in [3.63, 3.8) is 0 Å². The molecule has 4 heterocycles. The summed E-state index contributed by atoms with van der Waals surface area (Å²) in [5.74, 6) is 0.676. The topological polar surface area (TPSA) is 105 Å². The number of aliphatic hydroxyl groups excluding tert-OH is 1. The average Bonchev–Trinajstić information content (AvgIpc) is 3.29. The number of likely N-dealkylation sites (tertiary alicyclic amines) is 1. The second-order valence-corrected chi connectivity index (χ2v) is 5.96. The minimum absolute atomic E-state index is 0.206. The number of rotatable bonds is 4. The van der Waals surface area contributed by atoms with Gasteiger partial charge in [0.15, 0.2) is 5.69 Å². The zero-order chi connectivity index (χ0) is 17.4. The SMILES string of the molecule is C[C@H]1[C@@H](O)CN1C(=O)c1coc(Cc2cc(-c3ccccn3)no2)n1. The van der Waals surface area contributed by atoms with Gasteiger partial charge >= 0.3 is 0 Å². The van der Waals surface area contributed by atoms with Gasteiger partial charge in [-0.15, -0.1) is 0 Å². The van der Waals surface area contributed by atoms with Gasteiger partial charge in [0.05, 0.1) is 24.3 Å². The first-order valence-electron chi connectivity index (χ1n) is 7.92. The van der Waals surface area contributed by atoms with E-state index in [0.29, 0.717) is 29.6 Å². The molecule has 8 heteroatoms. The molecule has 1 amide bonds. The van der Waals surface area contributed by atoms with Crippen LogP contribution in [0.5, 0.6) is 0 Å². The minimum Gasteiger partial charge on any atom is -0.448 e. The molecule has 3 aromatic heterocycles. The maximum atomic E-state index is 12.3. The van der Waals surface area contributed by atoms with Crippen molar-refractivity contribution >= 4 is 5.91 Å². The van der Waals surface area contributed by atoms with Gasteiger partial charge in [0.2, 0.25) is 5.89 Å². The predicted octanol–water partition coefficient (Wildman–Crippen LogP) is 1.52. The van der Waals surface area contributed by atoms with E-state index in [1.807, 2.05) is 18.2 Å². The number of hydrogen-bond acceptors (Lipinski definition) is 7. The third-order valence-corrected chi connectivity index (χ3v) is 4.28. The number of hydrogen-bond donors (Lipinski definition) is 1. The van der Waals surface area contributed by atoms with E-state index in [-0.39, 0.29) is 24.1 Å². The van der Waals surface area contributed by atoms with Crippen LogP contribution in [0.3, 0.4) is 0 Å². The quantitative estimate of drug-likeness (QED) is 0.767. The number of aromatic nitrogens is 3. The summed E-state index contributed by atoms with van der Waals surface area (Å²) in [6.45, 7) is 2.11. The van der Waals surface area contributed by atoms with Gasteiger partial charge in [0, 0.05) is 18.8 Å². The van der Waals surface area contributed by atoms with E-state index in [1.165, 1.54) is 6.26 Å². The molecule has 1 aliphatic rings. The van der Waals surface area contributed by atoms with Crippen molar-refractivity contribution in [2.24, 2.45) is 0 Å². The van der Waals surface area contributed by atoms with Crippen molar-refractivity contribution in [1.29, 1.82) is 0 Å². The molecule has 2 atom stereocenters. The van der Waals surface area contributed by atoms with Gasteiger partial charge in [-0.05, 0) is 19.1 Å². The van der Waals surface area contributed by atoms with Gasteiger partial charge in [-0.25, -0.2) is 4.98 Å². The van der Waals surface area contributed by atoms with Crippen molar-refractivity contribution in [1.82, 2.24) is 20.0 Å². The Hall–Kier alpha value is -3.00. The van der Waals surface area contributed by atoms with Crippen molar-refractivity contribution in [2.75, 3.05) is 6.54 Å². The van der Waals surface area contributed by atoms with Gasteiger partial charge in [-0.3, -0.25) is 9.78 Å². The third-order valence-electron chi connectivity index (χ3n) is 4.28. The molecule has 4 rings (SSSR count). The number of β-amino-alcohol motifs (C(OH)–C–C–N with tert-alkyl or cyclic N) is 1. The van der Waals surface area contributed by atoms with E-state index in [2.05, 4.69) is 15.1 Å². The molecule has 1 aliphatic heterocycles. The highest BCUT2D eigenvalue weighted by Crippen LogP contribution is 2.22. The normalized spacial score (nSPS) is 19.7. The van der Waals surface area contributed by atoms with Gasteiger partial charge < -0.3 is 18.9 Å². The van der Waals surface area contributed by atoms with E-state index in [0.717, 1.165) is 0 Å². The van der Waals surface area contributed by atoms with Crippen LogP contribution in [-0.2, 0) is 6.42 Å². The number of carbonyl (C=O) groups excluding carboxylic acids is 1. The summed E-state index contributed by atoms with van der Waals surface area (Å²) >= 11 is 0. The Bertz CT molecular complexity index is 889. The van der Waals surface area contributed by atoms with Crippen molar-refractivity contribution < 1.29 is 18.8 Å². The van der Waals surface area contributed by atoms with Crippen LogP contribution in [0.4, 0.5) is 0 Å². The fourth-order valence-electron chi connectivity index (χ4n) is 2.68. The highest BCUT2D eigenvalue weighted by atomic mass is 16.5. The van der Waals surface area contributed by atoms with E-state index in [4.69, 9.17) is 8.94 Å². The zero-order valence-electron chi connectivity index (χ0n) is 13.5. The Labute approximate surface area is 143 Å². The monoisotopic (exact) mass is 340 g/mol. The second-order valence-electron chi connectivity index (χ2n) is 5.96. The van der Waals surface area contributed by atoms with E-state index < -0.39 is 6.10 Å². The maximum absolute atomic E-state index is 12.3. The van der Waals surface area contributed by atoms with Gasteiger partial charge in [-0.2, -0.15) is 0 Å². The summed E-state index contributed by atoms with van der Waals surface area (Å²) in [4.78, 5) is 22.3. The van der Waals surface area contributed by atoms with Gasteiger partial charge in [-0.1, -0.05) is 11.2 Å². The van der Waals surface area contributed by atoms with Crippen LogP contribution >= 0.6 is 0 Å². The molecule has 1 N–H and O–H groups in total. The van der Waals surface area contributed by atoms with Gasteiger partial charge in [0.1, 0.15) is 17.7 Å². The van der Waals surface area contributed by atoms with Crippen LogP contribution < -0.4 is 0 Å². The van der Waals surface area contributed by atoms with Crippen LogP contribution in [-0.4, -0.2) is 49.7 Å². The Morgan fingerprint density at radius 3 is 3.00 bits per heavy atom. The number of carbonyl (C=O) groups is 1. The van der Waals surface area contributed by atoms with Crippen LogP contribution in [0, 0.1) is 0 Å². The Morgan fingerprint density at radius 2 is 2.28 bits per heavy atom. The predicted molar refractivity (Wildman–Crippen MR) is 85.5 cm³/mol. The summed E-state index contributed by atoms with van der Waals surface area (Å²) in [5.41, 5.74) is 1.56. The first kappa shape index (κ1) is 15.5. The number of nitrogens with zero attached hydrogens (tertiary/aromatic N) is 4. The fourth-order valence-corrected chi connectivity index (χ4v) is 2.68. The summed E-state index contributed by atoms with van der Waals surface area (Å²) in [5, 5.41) is 13.5. The van der Waals surface area contributed by atoms with E-state index >= 15 is 0 Å². The van der Waals surface area contributed by atoms with Crippen LogP contribution in [0.25, 0.3) is 11.4 Å². The van der Waals surface area contributed by atoms with Crippen molar-refractivity contribution in [3.05, 3.63) is 54.1 Å². The number of oxazole rings is 1. The molecule has 0 bridgehead atoms. The molecule has 128 valence electrons. The summed E-state index contributed by atoms with van der Waals surface area (Å²) in [7, 11) is 0. The molecule has 0 aliphatic carbocycles. The van der Waals surface area contributed by atoms with Crippen LogP contribution in [0.15, 0.2) is 45.7 Å². The fraction of sp³-hybridized carbons (Fsp3) is 0.294. The lowest BCUT2D eigenvalue weighted by atomic mass is 10.0. The molecule has 1 saturated heterocycles. The molecule has 0 unspecified atom stereocenters. The first-order chi connectivity index (χ1) is 12.1. The number of amides is 1. The molecule has 1 fully saturated rings. The second kappa shape index (κ2) is 6.14. The Kier molecular flexibility index (Phi) is 3.81. The average molecular weight is 340 g/mol. The molecule has 8 nitrogen and oxygen atoms in total. The highest BCUT2D eigenvalue weighted by Gasteiger charge is 2.38. The molecular formula is C17H16N4O4. The molecular weight excluding hydrogens is 324 g/mol. The zero-order valence-corrected chi connectivity index (χ0v) is 13.5. The van der Waals surface area contributed by atoms with Crippen molar-refractivity contribution in [3.8, 4) is 11.4 Å². The lowest BCUT2D eigenvalue weighted by Gasteiger charge is -2.42. The molecule has 3 aromatic rings. The third kappa shape index (κ3) is 2.91. The lowest BCUT2D eigenvalue weighted by Crippen LogP contribution is -2.60. The summed E-state index contributed by atoms with van der Waals surface area (Å²) in [6, 6.07) is 7.10. The van der Waals surface area contributed by atoms with Crippen LogP contribution in [0.2, 0.25) is 0 Å². The van der Waals surface area contributed by atoms with E-state index in [1.54, 1.807) is 24.1 Å². The van der Waals surface area contributed by atoms with Crippen molar-refractivity contribution in [2.45, 2.75) is 25.5 Å². The van der Waals surface area contributed by atoms with E-state index in [9.17, 15) is 9.90 Å². The number of aliphatic hydroxyl groups is 1. The molecule has 0 aromatic carbocycles. The largest absolute Gasteiger partial charge is 0.448 e. The molecule has 0 radical (unpaired) electrons. The standard InChI is InChI=1S/C17H16N4O4/c1-10-15(22)8-21(10)17(23)14-9-24-16(19-14)7-11-6-13(20-25-11)12-4-2-3-5-18-12/h2-6,9-10,15,22H,7-8H2,1H3/t10-,15-/m0/s1. The molecule has 25 heavy (non-hydrogen) atoms. The highest BCUT2D eigenvalue weighted by molar-refractivity contribution is 5.92. The smallest absolute Gasteiger partial charge is 0.276 e. The number of pyridine rings is 1. The molecule has 0 spiro atoms. The first-order valence-corrected chi connectivity index (χ1v) is 7.92. The maximum Gasteiger partial charge on any atom is 0.276 e. The Morgan fingerprint density at radius 1 is 1.40 bits per heavy atom. The summed E-state index contributed by atoms with van der Waals surface area (Å²) < 4.78 is 10.6. The van der Waals surface area contributed by atoms with Crippen LogP contribution in [0.1, 0.15) is 29.1 Å². The summed E-state index contributed by atoms with van der Waals surface area (Å²) in [6.07, 6.45) is 2.81.